The number of para-hydroxylation sites is 1. The van der Waals surface area contributed by atoms with Gasteiger partial charge >= 0.3 is 0 Å². The van der Waals surface area contributed by atoms with Gasteiger partial charge in [0.05, 0.1) is 5.69 Å². The van der Waals surface area contributed by atoms with E-state index in [0.717, 1.165) is 17.2 Å². The molecule has 1 heterocycles. The highest BCUT2D eigenvalue weighted by molar-refractivity contribution is 6.03. The zero-order valence-corrected chi connectivity index (χ0v) is 9.99. The molecule has 0 fully saturated rings. The van der Waals surface area contributed by atoms with Crippen LogP contribution in [-0.2, 0) is 0 Å². The van der Waals surface area contributed by atoms with Gasteiger partial charge in [0.2, 0.25) is 0 Å². The highest BCUT2D eigenvalue weighted by Gasteiger charge is 2.13. The Morgan fingerprint density at radius 1 is 0.941 bits per heavy atom. The van der Waals surface area contributed by atoms with Gasteiger partial charge in [-0.3, -0.25) is 0 Å². The number of nitrogens with zero attached hydrogens (tertiary/aromatic N) is 1. The van der Waals surface area contributed by atoms with E-state index >= 15 is 0 Å². The second kappa shape index (κ2) is 3.74. The van der Waals surface area contributed by atoms with E-state index in [1.54, 1.807) is 0 Å². The van der Waals surface area contributed by atoms with Crippen molar-refractivity contribution in [1.29, 1.82) is 0 Å². The molecule has 0 atom stereocenters. The van der Waals surface area contributed by atoms with Crippen molar-refractivity contribution in [1.82, 2.24) is 0 Å². The van der Waals surface area contributed by atoms with Crippen LogP contribution in [0.2, 0.25) is 0 Å². The van der Waals surface area contributed by atoms with Gasteiger partial charge in [0.1, 0.15) is 5.84 Å². The Labute approximate surface area is 101 Å². The third kappa shape index (κ3) is 1.72. The molecule has 2 heteroatoms. The van der Waals surface area contributed by atoms with Crippen molar-refractivity contribution < 1.29 is 0 Å². The van der Waals surface area contributed by atoms with Crippen molar-refractivity contribution in [2.24, 2.45) is 4.99 Å². The average Bonchev–Trinajstić information content (AvgIpc) is 2.43. The summed E-state index contributed by atoms with van der Waals surface area (Å²) in [5.41, 5.74) is 5.82. The molecule has 3 rings (SSSR count). The van der Waals surface area contributed by atoms with Crippen LogP contribution in [0.25, 0.3) is 11.1 Å². The predicted octanol–water partition coefficient (Wildman–Crippen LogP) is 4.14. The molecule has 84 valence electrons. The molecule has 0 bridgehead atoms. The molecule has 2 aromatic rings. The number of aliphatic imine (C=N–C) groups is 1. The Morgan fingerprint density at radius 3 is 2.65 bits per heavy atom. The Morgan fingerprint density at radius 2 is 1.76 bits per heavy atom. The van der Waals surface area contributed by atoms with E-state index in [2.05, 4.69) is 53.6 Å². The van der Waals surface area contributed by atoms with Crippen molar-refractivity contribution in [3.8, 4) is 11.1 Å². The van der Waals surface area contributed by atoms with Crippen LogP contribution in [0.4, 0.5) is 11.4 Å². The summed E-state index contributed by atoms with van der Waals surface area (Å²) in [5.74, 6) is 0.932. The van der Waals surface area contributed by atoms with Crippen LogP contribution in [0.3, 0.4) is 0 Å². The molecule has 1 N–H and O–H groups in total. The van der Waals surface area contributed by atoms with E-state index in [1.807, 2.05) is 13.0 Å². The minimum Gasteiger partial charge on any atom is -0.343 e. The molecule has 0 aliphatic carbocycles. The fourth-order valence-electron chi connectivity index (χ4n) is 2.20. The lowest BCUT2D eigenvalue weighted by molar-refractivity contribution is 1.46. The van der Waals surface area contributed by atoms with Crippen LogP contribution >= 0.6 is 0 Å². The van der Waals surface area contributed by atoms with E-state index in [0.29, 0.717) is 0 Å². The lowest BCUT2D eigenvalue weighted by Gasteiger charge is -2.09. The normalized spacial score (nSPS) is 12.9. The average molecular weight is 222 g/mol. The minimum absolute atomic E-state index is 0.932. The Kier molecular flexibility index (Phi) is 2.22. The molecule has 0 spiro atoms. The molecule has 2 aromatic carbocycles. The van der Waals surface area contributed by atoms with Gasteiger partial charge < -0.3 is 5.32 Å². The van der Waals surface area contributed by atoms with E-state index in [9.17, 15) is 0 Å². The molecule has 0 unspecified atom stereocenters. The van der Waals surface area contributed by atoms with Crippen molar-refractivity contribution in [2.75, 3.05) is 5.32 Å². The molecule has 0 radical (unpaired) electrons. The first-order valence-corrected chi connectivity index (χ1v) is 5.76. The van der Waals surface area contributed by atoms with E-state index in [-0.39, 0.29) is 0 Å². The highest BCUT2D eigenvalue weighted by atomic mass is 15.0. The molecule has 1 aliphatic rings. The molecule has 1 aliphatic heterocycles. The smallest absolute Gasteiger partial charge is 0.103 e. The molecular weight excluding hydrogens is 208 g/mol. The molecule has 0 amide bonds. The zero-order valence-electron chi connectivity index (χ0n) is 9.99. The number of fused-ring (bicyclic) bond motifs is 3. The van der Waals surface area contributed by atoms with Crippen molar-refractivity contribution in [2.45, 2.75) is 13.8 Å². The van der Waals surface area contributed by atoms with Gasteiger partial charge in [-0.2, -0.15) is 0 Å². The summed E-state index contributed by atoms with van der Waals surface area (Å²) in [6, 6.07) is 14.7. The molecule has 0 saturated heterocycles. The maximum Gasteiger partial charge on any atom is 0.103 e. The van der Waals surface area contributed by atoms with Gasteiger partial charge in [0, 0.05) is 16.8 Å². The summed E-state index contributed by atoms with van der Waals surface area (Å²) in [5, 5.41) is 3.36. The van der Waals surface area contributed by atoms with Crippen LogP contribution in [0, 0.1) is 6.92 Å². The van der Waals surface area contributed by atoms with Gasteiger partial charge in [-0.15, -0.1) is 0 Å². The monoisotopic (exact) mass is 222 g/mol. The molecule has 2 nitrogen and oxygen atoms in total. The number of hydrogen-bond donors (Lipinski definition) is 1. The first kappa shape index (κ1) is 10.1. The number of rotatable bonds is 0. The molecule has 0 saturated carbocycles. The minimum atomic E-state index is 0.932. The van der Waals surface area contributed by atoms with Crippen LogP contribution in [-0.4, -0.2) is 5.84 Å². The maximum absolute atomic E-state index is 4.59. The Bertz CT molecular complexity index is 612. The standard InChI is InChI=1S/C15H14N2/c1-10-7-8-13-12-5-3-4-6-14(12)16-11(2)17-15(13)9-10/h3-9H,1-2H3,(H,16,17). The predicted molar refractivity (Wildman–Crippen MR) is 73.0 cm³/mol. The van der Waals surface area contributed by atoms with E-state index < -0.39 is 0 Å². The number of aryl methyl sites for hydroxylation is 1. The van der Waals surface area contributed by atoms with Crippen LogP contribution < -0.4 is 5.32 Å². The second-order valence-electron chi connectivity index (χ2n) is 4.39. The number of amidine groups is 1. The fraction of sp³-hybridized carbons (Fsp3) is 0.133. The van der Waals surface area contributed by atoms with Crippen molar-refractivity contribution in [3.63, 3.8) is 0 Å². The van der Waals surface area contributed by atoms with E-state index in [1.165, 1.54) is 16.7 Å². The second-order valence-corrected chi connectivity index (χ2v) is 4.39. The number of benzene rings is 2. The quantitative estimate of drug-likeness (QED) is 0.711. The Balaban J connectivity index is 2.32. The summed E-state index contributed by atoms with van der Waals surface area (Å²) in [4.78, 5) is 4.59. The van der Waals surface area contributed by atoms with Crippen LogP contribution in [0.1, 0.15) is 12.5 Å². The van der Waals surface area contributed by atoms with Crippen molar-refractivity contribution in [3.05, 3.63) is 48.0 Å². The third-order valence-corrected chi connectivity index (χ3v) is 2.97. The number of nitrogens with one attached hydrogen (secondary N) is 1. The summed E-state index contributed by atoms with van der Waals surface area (Å²) < 4.78 is 0. The summed E-state index contributed by atoms with van der Waals surface area (Å²) in [6.07, 6.45) is 0. The summed E-state index contributed by atoms with van der Waals surface area (Å²) in [6.45, 7) is 4.10. The lowest BCUT2D eigenvalue weighted by atomic mass is 10.0. The van der Waals surface area contributed by atoms with Gasteiger partial charge in [-0.1, -0.05) is 30.3 Å². The fourth-order valence-corrected chi connectivity index (χ4v) is 2.20. The number of hydrogen-bond acceptors (Lipinski definition) is 2. The van der Waals surface area contributed by atoms with Crippen LogP contribution in [0.15, 0.2) is 47.5 Å². The molecule has 17 heavy (non-hydrogen) atoms. The first-order valence-electron chi connectivity index (χ1n) is 5.76. The highest BCUT2D eigenvalue weighted by Crippen LogP contribution is 2.37. The van der Waals surface area contributed by atoms with Gasteiger partial charge in [0.25, 0.3) is 0 Å². The summed E-state index contributed by atoms with van der Waals surface area (Å²) in [7, 11) is 0. The lowest BCUT2D eigenvalue weighted by Crippen LogP contribution is -2.06. The SMILES string of the molecule is CC1=Nc2ccccc2-c2ccc(C)cc2N1. The van der Waals surface area contributed by atoms with Gasteiger partial charge in [0.15, 0.2) is 0 Å². The zero-order chi connectivity index (χ0) is 11.8. The van der Waals surface area contributed by atoms with Crippen LogP contribution in [0.5, 0.6) is 0 Å². The third-order valence-electron chi connectivity index (χ3n) is 2.97. The molecule has 0 aromatic heterocycles. The number of anilines is 1. The first-order chi connectivity index (χ1) is 8.24. The topological polar surface area (TPSA) is 24.4 Å². The Hall–Kier alpha value is -2.09. The maximum atomic E-state index is 4.59. The van der Waals surface area contributed by atoms with Crippen molar-refractivity contribution >= 4 is 17.2 Å². The molecular formula is C15H14N2. The van der Waals surface area contributed by atoms with Gasteiger partial charge in [-0.05, 0) is 31.5 Å². The largest absolute Gasteiger partial charge is 0.343 e. The van der Waals surface area contributed by atoms with E-state index in [4.69, 9.17) is 0 Å². The van der Waals surface area contributed by atoms with Gasteiger partial charge in [-0.25, -0.2) is 4.99 Å². The summed E-state index contributed by atoms with van der Waals surface area (Å²) >= 11 is 0.